The van der Waals surface area contributed by atoms with Gasteiger partial charge in [0, 0.05) is 0 Å². The second kappa shape index (κ2) is 3.74. The molecule has 14 heavy (non-hydrogen) atoms. The van der Waals surface area contributed by atoms with Crippen LogP contribution in [0.5, 0.6) is 0 Å². The van der Waals surface area contributed by atoms with Crippen LogP contribution in [-0.2, 0) is 6.42 Å². The summed E-state index contributed by atoms with van der Waals surface area (Å²) in [5.74, 6) is 0.792. The molecule has 0 aliphatic heterocycles. The van der Waals surface area contributed by atoms with Gasteiger partial charge < -0.3 is 10.2 Å². The summed E-state index contributed by atoms with van der Waals surface area (Å²) in [6, 6.07) is 4.22. The topological polar surface area (TPSA) is 52.0 Å². The molecular formula is C9H9BrN2OS. The summed E-state index contributed by atoms with van der Waals surface area (Å²) in [6.07, 6.45) is 0.825. The van der Waals surface area contributed by atoms with E-state index in [9.17, 15) is 0 Å². The number of aromatic nitrogens is 1. The number of aryl methyl sites for hydroxylation is 1. The van der Waals surface area contributed by atoms with Gasteiger partial charge in [-0.05, 0) is 34.5 Å². The van der Waals surface area contributed by atoms with Gasteiger partial charge in [-0.15, -0.1) is 11.3 Å². The molecule has 74 valence electrons. The lowest BCUT2D eigenvalue weighted by atomic mass is 10.2. The molecule has 0 aliphatic rings. The smallest absolute Gasteiger partial charge is 0.292 e. The lowest BCUT2D eigenvalue weighted by Gasteiger charge is -1.92. The molecule has 0 saturated carbocycles. The minimum atomic E-state index is 0.237. The van der Waals surface area contributed by atoms with Crippen LogP contribution in [0.3, 0.4) is 0 Å². The third kappa shape index (κ3) is 1.69. The number of rotatable bonds is 2. The second-order valence-corrected chi connectivity index (χ2v) is 5.25. The first kappa shape index (κ1) is 9.73. The number of nitrogens with zero attached hydrogens (tertiary/aromatic N) is 1. The SMILES string of the molecule is CCc1nc(N)oc1-c1ccc(Br)s1. The molecule has 0 bridgehead atoms. The quantitative estimate of drug-likeness (QED) is 0.913. The lowest BCUT2D eigenvalue weighted by molar-refractivity contribution is 0.595. The highest BCUT2D eigenvalue weighted by atomic mass is 79.9. The maximum atomic E-state index is 5.51. The number of hydrogen-bond acceptors (Lipinski definition) is 4. The third-order valence-electron chi connectivity index (χ3n) is 1.85. The van der Waals surface area contributed by atoms with Crippen molar-refractivity contribution in [3.8, 4) is 10.6 Å². The molecule has 0 saturated heterocycles. The van der Waals surface area contributed by atoms with Gasteiger partial charge in [0.2, 0.25) is 0 Å². The highest BCUT2D eigenvalue weighted by molar-refractivity contribution is 9.11. The van der Waals surface area contributed by atoms with Crippen LogP contribution in [0.4, 0.5) is 6.01 Å². The maximum Gasteiger partial charge on any atom is 0.292 e. The number of hydrogen-bond donors (Lipinski definition) is 1. The number of thiophene rings is 1. The fourth-order valence-corrected chi connectivity index (χ4v) is 2.63. The first-order chi connectivity index (χ1) is 6.70. The van der Waals surface area contributed by atoms with Crippen LogP contribution < -0.4 is 5.73 Å². The minimum Gasteiger partial charge on any atom is -0.423 e. The van der Waals surface area contributed by atoms with Gasteiger partial charge in [0.25, 0.3) is 6.01 Å². The van der Waals surface area contributed by atoms with Crippen LogP contribution in [0.2, 0.25) is 0 Å². The molecule has 0 aliphatic carbocycles. The Morgan fingerprint density at radius 1 is 1.57 bits per heavy atom. The standard InChI is InChI=1S/C9H9BrN2OS/c1-2-5-8(13-9(11)12-5)6-3-4-7(10)14-6/h3-4H,2H2,1H3,(H2,11,12). The zero-order valence-corrected chi connectivity index (χ0v) is 9.98. The van der Waals surface area contributed by atoms with E-state index in [0.29, 0.717) is 0 Å². The molecule has 3 nitrogen and oxygen atoms in total. The predicted molar refractivity (Wildman–Crippen MR) is 61.3 cm³/mol. The molecule has 2 N–H and O–H groups in total. The van der Waals surface area contributed by atoms with Crippen molar-refractivity contribution in [3.63, 3.8) is 0 Å². The van der Waals surface area contributed by atoms with E-state index in [0.717, 1.165) is 26.5 Å². The van der Waals surface area contributed by atoms with Crippen LogP contribution >= 0.6 is 27.3 Å². The Kier molecular flexibility index (Phi) is 2.60. The zero-order chi connectivity index (χ0) is 10.1. The first-order valence-electron chi connectivity index (χ1n) is 4.21. The number of nitrogens with two attached hydrogens (primary N) is 1. The van der Waals surface area contributed by atoms with Gasteiger partial charge in [-0.1, -0.05) is 6.92 Å². The van der Waals surface area contributed by atoms with Gasteiger partial charge in [0.05, 0.1) is 14.4 Å². The lowest BCUT2D eigenvalue weighted by Crippen LogP contribution is -1.85. The molecule has 0 atom stereocenters. The van der Waals surface area contributed by atoms with E-state index in [2.05, 4.69) is 20.9 Å². The largest absolute Gasteiger partial charge is 0.423 e. The van der Waals surface area contributed by atoms with Crippen LogP contribution in [0.25, 0.3) is 10.6 Å². The Bertz CT molecular complexity index is 449. The van der Waals surface area contributed by atoms with Gasteiger partial charge in [0.15, 0.2) is 5.76 Å². The molecule has 0 amide bonds. The molecule has 2 aromatic heterocycles. The van der Waals surface area contributed by atoms with Gasteiger partial charge in [0.1, 0.15) is 0 Å². The molecule has 0 fully saturated rings. The van der Waals surface area contributed by atoms with Crippen molar-refractivity contribution >= 4 is 33.3 Å². The van der Waals surface area contributed by atoms with E-state index < -0.39 is 0 Å². The molecule has 0 radical (unpaired) electrons. The first-order valence-corrected chi connectivity index (χ1v) is 5.82. The summed E-state index contributed by atoms with van der Waals surface area (Å²) >= 11 is 5.02. The molecule has 0 aromatic carbocycles. The van der Waals surface area contributed by atoms with E-state index in [1.54, 1.807) is 11.3 Å². The molecular weight excluding hydrogens is 264 g/mol. The third-order valence-corrected chi connectivity index (χ3v) is 3.47. The Balaban J connectivity index is 2.49. The number of anilines is 1. The summed E-state index contributed by atoms with van der Waals surface area (Å²) in [7, 11) is 0. The Morgan fingerprint density at radius 2 is 2.36 bits per heavy atom. The van der Waals surface area contributed by atoms with Gasteiger partial charge >= 0.3 is 0 Å². The highest BCUT2D eigenvalue weighted by Gasteiger charge is 2.13. The molecule has 2 aromatic rings. The summed E-state index contributed by atoms with van der Waals surface area (Å²) in [5.41, 5.74) is 6.43. The Labute approximate surface area is 94.1 Å². The summed E-state index contributed by atoms with van der Waals surface area (Å²) < 4.78 is 6.43. The number of halogens is 1. The summed E-state index contributed by atoms with van der Waals surface area (Å²) in [5, 5.41) is 0. The van der Waals surface area contributed by atoms with E-state index in [1.165, 1.54) is 0 Å². The predicted octanol–water partition coefficient (Wildman–Crippen LogP) is 3.31. The normalized spacial score (nSPS) is 10.7. The summed E-state index contributed by atoms with van der Waals surface area (Å²) in [6.45, 7) is 2.03. The van der Waals surface area contributed by atoms with E-state index >= 15 is 0 Å². The number of oxazole rings is 1. The zero-order valence-electron chi connectivity index (χ0n) is 7.58. The highest BCUT2D eigenvalue weighted by Crippen LogP contribution is 2.34. The van der Waals surface area contributed by atoms with Crippen LogP contribution in [0.15, 0.2) is 20.3 Å². The van der Waals surface area contributed by atoms with Gasteiger partial charge in [-0.25, -0.2) is 0 Å². The monoisotopic (exact) mass is 272 g/mol. The average Bonchev–Trinajstić information content (AvgIpc) is 2.71. The van der Waals surface area contributed by atoms with Crippen LogP contribution in [0.1, 0.15) is 12.6 Å². The van der Waals surface area contributed by atoms with Crippen molar-refractivity contribution in [1.29, 1.82) is 0 Å². The number of nitrogen functional groups attached to an aromatic ring is 1. The van der Waals surface area contributed by atoms with Gasteiger partial charge in [-0.3, -0.25) is 0 Å². The molecule has 0 spiro atoms. The van der Waals surface area contributed by atoms with Crippen molar-refractivity contribution in [2.45, 2.75) is 13.3 Å². The van der Waals surface area contributed by atoms with Crippen molar-refractivity contribution in [2.24, 2.45) is 0 Å². The van der Waals surface area contributed by atoms with E-state index in [-0.39, 0.29) is 6.01 Å². The van der Waals surface area contributed by atoms with Gasteiger partial charge in [-0.2, -0.15) is 4.98 Å². The average molecular weight is 273 g/mol. The minimum absolute atomic E-state index is 0.237. The second-order valence-electron chi connectivity index (χ2n) is 2.79. The molecule has 2 rings (SSSR count). The van der Waals surface area contributed by atoms with E-state index in [1.807, 2.05) is 19.1 Å². The Morgan fingerprint density at radius 3 is 2.93 bits per heavy atom. The molecule has 5 heteroatoms. The Hall–Kier alpha value is -0.810. The van der Waals surface area contributed by atoms with Crippen molar-refractivity contribution in [3.05, 3.63) is 21.6 Å². The molecule has 0 unspecified atom stereocenters. The fraction of sp³-hybridized carbons (Fsp3) is 0.222. The maximum absolute atomic E-state index is 5.51. The van der Waals surface area contributed by atoms with Crippen molar-refractivity contribution in [1.82, 2.24) is 4.98 Å². The summed E-state index contributed by atoms with van der Waals surface area (Å²) in [4.78, 5) is 5.17. The van der Waals surface area contributed by atoms with Crippen molar-refractivity contribution < 1.29 is 4.42 Å². The van der Waals surface area contributed by atoms with Crippen LogP contribution in [0, 0.1) is 0 Å². The fourth-order valence-electron chi connectivity index (χ4n) is 1.24. The van der Waals surface area contributed by atoms with E-state index in [4.69, 9.17) is 10.2 Å². The molecule has 2 heterocycles. The van der Waals surface area contributed by atoms with Crippen molar-refractivity contribution in [2.75, 3.05) is 5.73 Å². The van der Waals surface area contributed by atoms with Crippen LogP contribution in [-0.4, -0.2) is 4.98 Å².